The van der Waals surface area contributed by atoms with Crippen LogP contribution in [0.5, 0.6) is 0 Å². The number of carbonyl (C=O) groups excluding carboxylic acids is 1. The van der Waals surface area contributed by atoms with Crippen molar-refractivity contribution in [3.8, 4) is 5.69 Å². The first-order chi connectivity index (χ1) is 16.2. The maximum Gasteiger partial charge on any atom is 0.269 e. The Kier molecular flexibility index (Phi) is 6.32. The molecule has 0 radical (unpaired) electrons. The topological polar surface area (TPSA) is 54.3 Å². The summed E-state index contributed by atoms with van der Waals surface area (Å²) in [4.78, 5) is 22.9. The van der Waals surface area contributed by atoms with E-state index in [0.717, 1.165) is 43.0 Å². The molecule has 0 bridgehead atoms. The zero-order chi connectivity index (χ0) is 22.6. The fraction of sp³-hybridized carbons (Fsp3) is 0.269. The van der Waals surface area contributed by atoms with E-state index < -0.39 is 0 Å². The molecule has 3 aromatic heterocycles. The van der Waals surface area contributed by atoms with Crippen LogP contribution in [-0.2, 0) is 6.54 Å². The predicted molar refractivity (Wildman–Crippen MR) is 132 cm³/mol. The molecule has 1 aliphatic heterocycles. The summed E-state index contributed by atoms with van der Waals surface area (Å²) >= 11 is 1.48. The SMILES string of the molecule is Cc1cccc(-n2ccc(N(C(=O)c3cccs3)C3CCN(Cc4cccnc4)CC3)n2)c1. The number of carbonyl (C=O) groups is 1. The van der Waals surface area contributed by atoms with Gasteiger partial charge in [-0.05, 0) is 60.5 Å². The molecule has 4 heterocycles. The summed E-state index contributed by atoms with van der Waals surface area (Å²) in [6.07, 6.45) is 7.50. The Balaban J connectivity index is 1.37. The minimum atomic E-state index is 0.0326. The molecule has 1 aromatic carbocycles. The number of rotatable bonds is 6. The third-order valence-corrected chi connectivity index (χ3v) is 6.95. The van der Waals surface area contributed by atoms with Gasteiger partial charge in [-0.2, -0.15) is 0 Å². The van der Waals surface area contributed by atoms with Crippen molar-refractivity contribution in [2.75, 3.05) is 18.0 Å². The molecule has 0 atom stereocenters. The zero-order valence-electron chi connectivity index (χ0n) is 18.7. The third-order valence-electron chi connectivity index (χ3n) is 6.09. The molecule has 0 aliphatic carbocycles. The molecule has 0 spiro atoms. The molecule has 6 nitrogen and oxygen atoms in total. The van der Waals surface area contributed by atoms with E-state index in [-0.39, 0.29) is 11.9 Å². The van der Waals surface area contributed by atoms with E-state index in [1.54, 1.807) is 6.20 Å². The van der Waals surface area contributed by atoms with Crippen molar-refractivity contribution in [2.24, 2.45) is 0 Å². The van der Waals surface area contributed by atoms with E-state index in [2.05, 4.69) is 35.0 Å². The Morgan fingerprint density at radius 1 is 1.12 bits per heavy atom. The number of likely N-dealkylation sites (tertiary alicyclic amines) is 1. The molecule has 168 valence electrons. The first-order valence-electron chi connectivity index (χ1n) is 11.3. The first kappa shape index (κ1) is 21.6. The van der Waals surface area contributed by atoms with Crippen molar-refractivity contribution < 1.29 is 4.79 Å². The van der Waals surface area contributed by atoms with Crippen LogP contribution in [0.2, 0.25) is 0 Å². The molecule has 1 aliphatic rings. The monoisotopic (exact) mass is 457 g/mol. The highest BCUT2D eigenvalue weighted by atomic mass is 32.1. The Morgan fingerprint density at radius 2 is 2.00 bits per heavy atom. The van der Waals surface area contributed by atoms with Crippen LogP contribution in [0, 0.1) is 6.92 Å². The molecule has 0 N–H and O–H groups in total. The summed E-state index contributed by atoms with van der Waals surface area (Å²) in [5.74, 6) is 0.741. The van der Waals surface area contributed by atoms with Gasteiger partial charge in [0.25, 0.3) is 5.91 Å². The smallest absolute Gasteiger partial charge is 0.269 e. The number of nitrogens with zero attached hydrogens (tertiary/aromatic N) is 5. The molecule has 33 heavy (non-hydrogen) atoms. The van der Waals surface area contributed by atoms with Crippen molar-refractivity contribution in [3.63, 3.8) is 0 Å². The maximum absolute atomic E-state index is 13.5. The summed E-state index contributed by atoms with van der Waals surface area (Å²) in [5.41, 5.74) is 3.40. The van der Waals surface area contributed by atoms with Gasteiger partial charge >= 0.3 is 0 Å². The van der Waals surface area contributed by atoms with Crippen LogP contribution in [0.1, 0.15) is 33.6 Å². The van der Waals surface area contributed by atoms with Crippen LogP contribution in [0.3, 0.4) is 0 Å². The number of hydrogen-bond acceptors (Lipinski definition) is 5. The van der Waals surface area contributed by atoms with Gasteiger partial charge in [0.2, 0.25) is 0 Å². The number of pyridine rings is 1. The molecule has 0 unspecified atom stereocenters. The van der Waals surface area contributed by atoms with Gasteiger partial charge in [0.15, 0.2) is 5.82 Å². The summed E-state index contributed by atoms with van der Waals surface area (Å²) in [6.45, 7) is 4.83. The van der Waals surface area contributed by atoms with Gasteiger partial charge in [-0.1, -0.05) is 24.3 Å². The predicted octanol–water partition coefficient (Wildman–Crippen LogP) is 4.95. The van der Waals surface area contributed by atoms with Gasteiger partial charge < -0.3 is 0 Å². The van der Waals surface area contributed by atoms with Crippen LogP contribution in [0.4, 0.5) is 5.82 Å². The number of hydrogen-bond donors (Lipinski definition) is 0. The lowest BCUT2D eigenvalue weighted by Gasteiger charge is -2.37. The molecule has 1 saturated heterocycles. The molecule has 0 saturated carbocycles. The van der Waals surface area contributed by atoms with E-state index in [1.807, 2.05) is 63.8 Å². The van der Waals surface area contributed by atoms with Crippen molar-refractivity contribution >= 4 is 23.1 Å². The van der Waals surface area contributed by atoms with E-state index in [4.69, 9.17) is 5.10 Å². The number of amides is 1. The highest BCUT2D eigenvalue weighted by molar-refractivity contribution is 7.12. The molecular weight excluding hydrogens is 430 g/mol. The van der Waals surface area contributed by atoms with E-state index >= 15 is 0 Å². The molecule has 1 fully saturated rings. The summed E-state index contributed by atoms with van der Waals surface area (Å²) in [6, 6.07) is 18.2. The van der Waals surface area contributed by atoms with Crippen molar-refractivity contribution in [1.29, 1.82) is 0 Å². The average Bonchev–Trinajstić information content (AvgIpc) is 3.54. The maximum atomic E-state index is 13.5. The van der Waals surface area contributed by atoms with Gasteiger partial charge in [-0.3, -0.25) is 19.6 Å². The molecule has 7 heteroatoms. The van der Waals surface area contributed by atoms with Crippen molar-refractivity contribution in [1.82, 2.24) is 19.7 Å². The third kappa shape index (κ3) is 4.89. The highest BCUT2D eigenvalue weighted by Crippen LogP contribution is 2.27. The van der Waals surface area contributed by atoms with Crippen LogP contribution < -0.4 is 4.90 Å². The summed E-state index contributed by atoms with van der Waals surface area (Å²) in [5, 5.41) is 6.77. The lowest BCUT2D eigenvalue weighted by atomic mass is 10.0. The largest absolute Gasteiger partial charge is 0.299 e. The van der Waals surface area contributed by atoms with E-state index in [9.17, 15) is 4.79 Å². The van der Waals surface area contributed by atoms with Crippen LogP contribution in [0.25, 0.3) is 5.69 Å². The standard InChI is InChI=1S/C26H27N5OS/c1-20-5-2-7-23(17-20)30-15-11-25(28-30)31(26(32)24-8-4-16-33-24)22-9-13-29(14-10-22)19-21-6-3-12-27-18-21/h2-8,11-12,15-18,22H,9-10,13-14,19H2,1H3. The number of piperidine rings is 1. The van der Waals surface area contributed by atoms with E-state index in [0.29, 0.717) is 5.82 Å². The van der Waals surface area contributed by atoms with Crippen LogP contribution >= 0.6 is 11.3 Å². The fourth-order valence-electron chi connectivity index (χ4n) is 4.42. The van der Waals surface area contributed by atoms with Gasteiger partial charge in [-0.25, -0.2) is 4.68 Å². The second kappa shape index (κ2) is 9.68. The Bertz CT molecular complexity index is 1200. The van der Waals surface area contributed by atoms with E-state index in [1.165, 1.54) is 22.5 Å². The quantitative estimate of drug-likeness (QED) is 0.411. The second-order valence-electron chi connectivity index (χ2n) is 8.48. The highest BCUT2D eigenvalue weighted by Gasteiger charge is 2.31. The fourth-order valence-corrected chi connectivity index (χ4v) is 5.08. The zero-order valence-corrected chi connectivity index (χ0v) is 19.5. The molecule has 5 rings (SSSR count). The van der Waals surface area contributed by atoms with Gasteiger partial charge in [0.1, 0.15) is 0 Å². The summed E-state index contributed by atoms with van der Waals surface area (Å²) < 4.78 is 1.86. The second-order valence-corrected chi connectivity index (χ2v) is 9.43. The molecular formula is C26H27N5OS. The minimum Gasteiger partial charge on any atom is -0.299 e. The summed E-state index contributed by atoms with van der Waals surface area (Å²) in [7, 11) is 0. The lowest BCUT2D eigenvalue weighted by Crippen LogP contribution is -2.47. The number of aryl methyl sites for hydroxylation is 1. The Hall–Kier alpha value is -3.29. The number of thiophene rings is 1. The van der Waals surface area contributed by atoms with Gasteiger partial charge in [0, 0.05) is 50.3 Å². The van der Waals surface area contributed by atoms with Crippen molar-refractivity contribution in [2.45, 2.75) is 32.4 Å². The number of anilines is 1. The number of aromatic nitrogens is 3. The Morgan fingerprint density at radius 3 is 2.73 bits per heavy atom. The average molecular weight is 458 g/mol. The van der Waals surface area contributed by atoms with Gasteiger partial charge in [-0.15, -0.1) is 16.4 Å². The molecule has 4 aromatic rings. The van der Waals surface area contributed by atoms with Gasteiger partial charge in [0.05, 0.1) is 10.6 Å². The molecule has 1 amide bonds. The minimum absolute atomic E-state index is 0.0326. The Labute approximate surface area is 198 Å². The number of benzene rings is 1. The lowest BCUT2D eigenvalue weighted by molar-refractivity contribution is 0.0961. The van der Waals surface area contributed by atoms with Crippen LogP contribution in [-0.4, -0.2) is 44.7 Å². The normalized spacial score (nSPS) is 14.9. The first-order valence-corrected chi connectivity index (χ1v) is 12.2. The van der Waals surface area contributed by atoms with Crippen molar-refractivity contribution in [3.05, 3.63) is 94.6 Å². The van der Waals surface area contributed by atoms with Crippen LogP contribution in [0.15, 0.2) is 78.6 Å².